The predicted octanol–water partition coefficient (Wildman–Crippen LogP) is 3.15. The minimum atomic E-state index is -0.702. The van der Waals surface area contributed by atoms with Gasteiger partial charge in [0.2, 0.25) is 0 Å². The van der Waals surface area contributed by atoms with Gasteiger partial charge in [0.05, 0.1) is 5.60 Å². The van der Waals surface area contributed by atoms with Crippen molar-refractivity contribution in [3.8, 4) is 11.8 Å². The van der Waals surface area contributed by atoms with Gasteiger partial charge in [0.1, 0.15) is 0 Å². The summed E-state index contributed by atoms with van der Waals surface area (Å²) in [6, 6.07) is 0. The predicted molar refractivity (Wildman–Crippen MR) is 80.3 cm³/mol. The summed E-state index contributed by atoms with van der Waals surface area (Å²) in [6.45, 7) is 2.19. The van der Waals surface area contributed by atoms with E-state index in [-0.39, 0.29) is 10.5 Å². The number of aliphatic hydroxyl groups is 1. The minimum Gasteiger partial charge on any atom is -0.389 e. The molecule has 2 aliphatic heterocycles. The van der Waals surface area contributed by atoms with E-state index in [4.69, 9.17) is 0 Å². The Morgan fingerprint density at radius 1 is 1.21 bits per heavy atom. The van der Waals surface area contributed by atoms with Crippen molar-refractivity contribution in [1.29, 1.82) is 0 Å². The zero-order chi connectivity index (χ0) is 13.7. The molecule has 0 aliphatic carbocycles. The van der Waals surface area contributed by atoms with Crippen molar-refractivity contribution in [3.05, 3.63) is 0 Å². The van der Waals surface area contributed by atoms with Crippen LogP contribution in [0.15, 0.2) is 0 Å². The van der Waals surface area contributed by atoms with Crippen molar-refractivity contribution in [2.75, 3.05) is 0 Å². The highest BCUT2D eigenvalue weighted by Crippen LogP contribution is 2.40. The molecule has 2 atom stereocenters. The third-order valence-electron chi connectivity index (χ3n) is 4.37. The van der Waals surface area contributed by atoms with E-state index in [1.165, 1.54) is 19.3 Å². The summed E-state index contributed by atoms with van der Waals surface area (Å²) in [4.78, 5) is 0. The maximum Gasteiger partial charge on any atom is 0.0779 e. The molecule has 0 saturated carbocycles. The number of unbranched alkanes of at least 4 members (excludes halogenated alkanes) is 3. The van der Waals surface area contributed by atoms with Crippen LogP contribution in [0.25, 0.3) is 0 Å². The van der Waals surface area contributed by atoms with Crippen LogP contribution in [0.2, 0.25) is 0 Å². The molecule has 0 aromatic heterocycles. The van der Waals surface area contributed by atoms with E-state index < -0.39 is 16.4 Å². The molecule has 108 valence electrons. The van der Waals surface area contributed by atoms with E-state index in [1.54, 1.807) is 0 Å². The molecule has 2 rings (SSSR count). The van der Waals surface area contributed by atoms with Crippen LogP contribution in [-0.4, -0.2) is 25.4 Å². The zero-order valence-corrected chi connectivity index (χ0v) is 12.8. The van der Waals surface area contributed by atoms with Crippen molar-refractivity contribution in [1.82, 2.24) is 0 Å². The summed E-state index contributed by atoms with van der Waals surface area (Å²) in [6.07, 6.45) is 9.76. The van der Waals surface area contributed by atoms with Gasteiger partial charge in [-0.1, -0.05) is 26.2 Å². The Bertz CT molecular complexity index is 364. The van der Waals surface area contributed by atoms with Crippen molar-refractivity contribution in [3.63, 3.8) is 0 Å². The van der Waals surface area contributed by atoms with Crippen molar-refractivity contribution < 1.29 is 9.32 Å². The third-order valence-corrected chi connectivity index (χ3v) is 6.49. The molecule has 0 aromatic carbocycles. The molecular formula is C16H26O2S. The molecule has 0 radical (unpaired) electrons. The summed E-state index contributed by atoms with van der Waals surface area (Å²) in [5.74, 6) is 6.34. The van der Waals surface area contributed by atoms with Crippen LogP contribution in [0.1, 0.15) is 71.1 Å². The fourth-order valence-electron chi connectivity index (χ4n) is 3.30. The fraction of sp³-hybridized carbons (Fsp3) is 0.875. The van der Waals surface area contributed by atoms with Crippen LogP contribution in [0.4, 0.5) is 0 Å². The highest BCUT2D eigenvalue weighted by molar-refractivity contribution is 7.86. The SMILES string of the molecule is CCCCCC#CCC1(O)CC2CCCC(C1)S2=O. The van der Waals surface area contributed by atoms with Gasteiger partial charge in [-0.25, -0.2) is 0 Å². The lowest BCUT2D eigenvalue weighted by atomic mass is 9.83. The van der Waals surface area contributed by atoms with E-state index in [0.717, 1.165) is 25.7 Å². The van der Waals surface area contributed by atoms with Gasteiger partial charge in [-0.2, -0.15) is 0 Å². The summed E-state index contributed by atoms with van der Waals surface area (Å²) in [5, 5.41) is 11.1. The van der Waals surface area contributed by atoms with E-state index in [9.17, 15) is 9.32 Å². The van der Waals surface area contributed by atoms with Gasteiger partial charge >= 0.3 is 0 Å². The van der Waals surface area contributed by atoms with E-state index in [1.807, 2.05) is 0 Å². The molecule has 1 N–H and O–H groups in total. The van der Waals surface area contributed by atoms with E-state index in [2.05, 4.69) is 18.8 Å². The van der Waals surface area contributed by atoms with Crippen LogP contribution >= 0.6 is 0 Å². The van der Waals surface area contributed by atoms with Crippen LogP contribution < -0.4 is 0 Å². The van der Waals surface area contributed by atoms with E-state index in [0.29, 0.717) is 19.3 Å². The Hall–Kier alpha value is -0.330. The molecular weight excluding hydrogens is 256 g/mol. The molecule has 2 saturated heterocycles. The van der Waals surface area contributed by atoms with Crippen LogP contribution in [-0.2, 0) is 10.8 Å². The second-order valence-corrected chi connectivity index (χ2v) is 8.11. The zero-order valence-electron chi connectivity index (χ0n) is 12.0. The number of fused-ring (bicyclic) bond motifs is 2. The Labute approximate surface area is 119 Å². The summed E-state index contributed by atoms with van der Waals surface area (Å²) >= 11 is 0. The second kappa shape index (κ2) is 6.90. The Morgan fingerprint density at radius 3 is 2.53 bits per heavy atom. The van der Waals surface area contributed by atoms with Gasteiger partial charge in [0.25, 0.3) is 0 Å². The average molecular weight is 282 g/mol. The average Bonchev–Trinajstić information content (AvgIpc) is 2.36. The smallest absolute Gasteiger partial charge is 0.0779 e. The second-order valence-electron chi connectivity index (χ2n) is 6.12. The van der Waals surface area contributed by atoms with Crippen LogP contribution in [0, 0.1) is 11.8 Å². The normalized spacial score (nSPS) is 37.5. The molecule has 0 amide bonds. The first-order chi connectivity index (χ1) is 9.14. The third kappa shape index (κ3) is 4.07. The molecule has 2 heterocycles. The first-order valence-electron chi connectivity index (χ1n) is 7.72. The van der Waals surface area contributed by atoms with Crippen molar-refractivity contribution >= 4 is 10.8 Å². The maximum absolute atomic E-state index is 12.1. The monoisotopic (exact) mass is 282 g/mol. The molecule has 19 heavy (non-hydrogen) atoms. The highest BCUT2D eigenvalue weighted by Gasteiger charge is 2.44. The van der Waals surface area contributed by atoms with Gasteiger partial charge < -0.3 is 5.11 Å². The summed E-state index contributed by atoms with van der Waals surface area (Å²) in [7, 11) is -0.702. The minimum absolute atomic E-state index is 0.222. The first-order valence-corrected chi connectivity index (χ1v) is 9.00. The topological polar surface area (TPSA) is 37.3 Å². The fourth-order valence-corrected chi connectivity index (χ4v) is 5.59. The largest absolute Gasteiger partial charge is 0.389 e. The lowest BCUT2D eigenvalue weighted by Crippen LogP contribution is -2.48. The standard InChI is InChI=1S/C16H26O2S/c1-2-3-4-5-6-7-11-16(17)12-14-9-8-10-15(13-16)19(14)18/h14-15,17H,2-5,8-13H2,1H3. The first kappa shape index (κ1) is 15.1. The highest BCUT2D eigenvalue weighted by atomic mass is 32.2. The summed E-state index contributed by atoms with van der Waals surface area (Å²) in [5.41, 5.74) is -0.665. The maximum atomic E-state index is 12.1. The van der Waals surface area contributed by atoms with Gasteiger partial charge in [0.15, 0.2) is 0 Å². The number of rotatable bonds is 4. The molecule has 2 bridgehead atoms. The van der Waals surface area contributed by atoms with Gasteiger partial charge in [0, 0.05) is 34.1 Å². The quantitative estimate of drug-likeness (QED) is 0.635. The molecule has 2 unspecified atom stereocenters. The number of hydrogen-bond acceptors (Lipinski definition) is 2. The van der Waals surface area contributed by atoms with Crippen molar-refractivity contribution in [2.45, 2.75) is 87.2 Å². The Kier molecular flexibility index (Phi) is 5.47. The molecule has 0 aromatic rings. The molecule has 2 nitrogen and oxygen atoms in total. The van der Waals surface area contributed by atoms with Crippen LogP contribution in [0.3, 0.4) is 0 Å². The van der Waals surface area contributed by atoms with Crippen LogP contribution in [0.5, 0.6) is 0 Å². The van der Waals surface area contributed by atoms with E-state index >= 15 is 0 Å². The van der Waals surface area contributed by atoms with Gasteiger partial charge in [-0.3, -0.25) is 4.21 Å². The van der Waals surface area contributed by atoms with Crippen molar-refractivity contribution in [2.24, 2.45) is 0 Å². The lowest BCUT2D eigenvalue weighted by molar-refractivity contribution is 0.0159. The molecule has 2 aliphatic rings. The lowest BCUT2D eigenvalue weighted by Gasteiger charge is -2.42. The molecule has 2 fully saturated rings. The number of hydrogen-bond donors (Lipinski definition) is 1. The molecule has 3 heteroatoms. The molecule has 0 spiro atoms. The Balaban J connectivity index is 1.84. The Morgan fingerprint density at radius 2 is 1.89 bits per heavy atom. The summed E-state index contributed by atoms with van der Waals surface area (Å²) < 4.78 is 12.1. The van der Waals surface area contributed by atoms with Gasteiger partial charge in [-0.15, -0.1) is 11.8 Å². The van der Waals surface area contributed by atoms with Gasteiger partial charge in [-0.05, 0) is 32.1 Å².